The molecule has 0 radical (unpaired) electrons. The minimum absolute atomic E-state index is 0.0869. The molecule has 1 rings (SSSR count). The summed E-state index contributed by atoms with van der Waals surface area (Å²) in [5.41, 5.74) is 5.02. The topological polar surface area (TPSA) is 65.1 Å². The molecule has 1 atom stereocenters. The minimum atomic E-state index is 0.0869. The van der Waals surface area contributed by atoms with Crippen LogP contribution >= 0.6 is 15.9 Å². The van der Waals surface area contributed by atoms with Crippen LogP contribution < -0.4 is 11.3 Å². The third-order valence-electron chi connectivity index (χ3n) is 2.81. The molecule has 1 aromatic heterocycles. The second kappa shape index (κ2) is 7.23. The Morgan fingerprint density at radius 1 is 1.50 bits per heavy atom. The van der Waals surface area contributed by atoms with Gasteiger partial charge in [0.25, 0.3) is 0 Å². The summed E-state index contributed by atoms with van der Waals surface area (Å²) in [6.45, 7) is 6.72. The van der Waals surface area contributed by atoms with E-state index in [1.54, 1.807) is 0 Å². The van der Waals surface area contributed by atoms with E-state index in [4.69, 9.17) is 10.6 Å². The number of hydrogen-bond acceptors (Lipinski definition) is 4. The molecule has 5 nitrogen and oxygen atoms in total. The van der Waals surface area contributed by atoms with Crippen LogP contribution in [0.4, 0.5) is 0 Å². The molecule has 0 aliphatic heterocycles. The van der Waals surface area contributed by atoms with E-state index in [-0.39, 0.29) is 12.1 Å². The lowest BCUT2D eigenvalue weighted by Crippen LogP contribution is -2.41. The van der Waals surface area contributed by atoms with Gasteiger partial charge in [-0.3, -0.25) is 16.0 Å². The number of aryl methyl sites for hydroxylation is 2. The standard InChI is InChI=1S/C12H23BrN4O/c1-5-10-12(13)11(17(4)16-10)6-9(15-14)7-18-8(2)3/h8-9,15H,5-7,14H2,1-4H3. The number of nitrogens with two attached hydrogens (primary N) is 1. The summed E-state index contributed by atoms with van der Waals surface area (Å²) in [6.07, 6.45) is 1.91. The quantitative estimate of drug-likeness (QED) is 0.591. The molecule has 0 spiro atoms. The Hall–Kier alpha value is -0.430. The Balaban J connectivity index is 2.72. The molecule has 0 saturated carbocycles. The fraction of sp³-hybridized carbons (Fsp3) is 0.750. The van der Waals surface area contributed by atoms with Crippen molar-refractivity contribution in [2.45, 2.75) is 45.8 Å². The van der Waals surface area contributed by atoms with Crippen molar-refractivity contribution in [1.29, 1.82) is 0 Å². The summed E-state index contributed by atoms with van der Waals surface area (Å²) >= 11 is 3.61. The van der Waals surface area contributed by atoms with E-state index in [0.29, 0.717) is 6.61 Å². The molecule has 0 aliphatic carbocycles. The molecule has 3 N–H and O–H groups in total. The van der Waals surface area contributed by atoms with E-state index < -0.39 is 0 Å². The number of halogens is 1. The highest BCUT2D eigenvalue weighted by Gasteiger charge is 2.17. The molecule has 0 aromatic carbocycles. The molecule has 104 valence electrons. The van der Waals surface area contributed by atoms with Gasteiger partial charge in [-0.1, -0.05) is 6.92 Å². The molecule has 0 aliphatic rings. The number of nitrogens with zero attached hydrogens (tertiary/aromatic N) is 2. The van der Waals surface area contributed by atoms with E-state index in [0.717, 1.165) is 28.7 Å². The lowest BCUT2D eigenvalue weighted by Gasteiger charge is -2.18. The molecule has 18 heavy (non-hydrogen) atoms. The third-order valence-corrected chi connectivity index (χ3v) is 3.72. The predicted octanol–water partition coefficient (Wildman–Crippen LogP) is 1.54. The van der Waals surface area contributed by atoms with Gasteiger partial charge < -0.3 is 4.74 Å². The van der Waals surface area contributed by atoms with Gasteiger partial charge in [-0.05, 0) is 36.2 Å². The van der Waals surface area contributed by atoms with Crippen molar-refractivity contribution in [3.8, 4) is 0 Å². The molecule has 0 saturated heterocycles. The zero-order chi connectivity index (χ0) is 13.7. The minimum Gasteiger partial charge on any atom is -0.377 e. The normalized spacial score (nSPS) is 13.3. The molecule has 1 unspecified atom stereocenters. The number of nitrogens with one attached hydrogen (secondary N) is 1. The Bertz CT molecular complexity index is 378. The number of rotatable bonds is 7. The summed E-state index contributed by atoms with van der Waals surface area (Å²) < 4.78 is 8.58. The molecular formula is C12H23BrN4O. The van der Waals surface area contributed by atoms with Crippen molar-refractivity contribution in [2.24, 2.45) is 12.9 Å². The van der Waals surface area contributed by atoms with Gasteiger partial charge in [0.15, 0.2) is 0 Å². The zero-order valence-corrected chi connectivity index (χ0v) is 13.1. The van der Waals surface area contributed by atoms with Crippen LogP contribution in [-0.2, 0) is 24.6 Å². The number of aromatic nitrogens is 2. The Labute approximate surface area is 117 Å². The van der Waals surface area contributed by atoms with E-state index in [1.807, 2.05) is 25.6 Å². The zero-order valence-electron chi connectivity index (χ0n) is 11.5. The van der Waals surface area contributed by atoms with Gasteiger partial charge in [-0.2, -0.15) is 5.10 Å². The van der Waals surface area contributed by atoms with Crippen LogP contribution in [0.1, 0.15) is 32.2 Å². The summed E-state index contributed by atoms with van der Waals surface area (Å²) in [5, 5.41) is 4.47. The summed E-state index contributed by atoms with van der Waals surface area (Å²) in [7, 11) is 1.95. The van der Waals surface area contributed by atoms with Crippen LogP contribution in [0.3, 0.4) is 0 Å². The van der Waals surface area contributed by atoms with Crippen molar-refractivity contribution in [3.63, 3.8) is 0 Å². The van der Waals surface area contributed by atoms with Crippen LogP contribution in [0.25, 0.3) is 0 Å². The Kier molecular flexibility index (Phi) is 6.28. The van der Waals surface area contributed by atoms with Gasteiger partial charge in [-0.25, -0.2) is 0 Å². The molecule has 0 amide bonds. The molecule has 0 bridgehead atoms. The molecule has 1 aromatic rings. The summed E-state index contributed by atoms with van der Waals surface area (Å²) in [6, 6.07) is 0.0869. The van der Waals surface area contributed by atoms with Crippen molar-refractivity contribution >= 4 is 15.9 Å². The first kappa shape index (κ1) is 15.6. The van der Waals surface area contributed by atoms with Gasteiger partial charge in [0.2, 0.25) is 0 Å². The van der Waals surface area contributed by atoms with Crippen LogP contribution in [0, 0.1) is 0 Å². The maximum Gasteiger partial charge on any atom is 0.0766 e. The maximum absolute atomic E-state index is 5.59. The summed E-state index contributed by atoms with van der Waals surface area (Å²) in [5.74, 6) is 5.57. The molecule has 0 fully saturated rings. The highest BCUT2D eigenvalue weighted by molar-refractivity contribution is 9.10. The van der Waals surface area contributed by atoms with Crippen molar-refractivity contribution in [3.05, 3.63) is 15.9 Å². The number of ether oxygens (including phenoxy) is 1. The highest BCUT2D eigenvalue weighted by atomic mass is 79.9. The third kappa shape index (κ3) is 4.05. The highest BCUT2D eigenvalue weighted by Crippen LogP contribution is 2.22. The lowest BCUT2D eigenvalue weighted by atomic mass is 10.1. The SMILES string of the molecule is CCc1nn(C)c(CC(COC(C)C)NN)c1Br. The van der Waals surface area contributed by atoms with Crippen molar-refractivity contribution in [1.82, 2.24) is 15.2 Å². The van der Waals surface area contributed by atoms with Gasteiger partial charge >= 0.3 is 0 Å². The van der Waals surface area contributed by atoms with E-state index in [2.05, 4.69) is 33.4 Å². The van der Waals surface area contributed by atoms with Gasteiger partial charge in [0, 0.05) is 19.5 Å². The fourth-order valence-electron chi connectivity index (χ4n) is 1.75. The first-order valence-corrected chi connectivity index (χ1v) is 7.06. The molecular weight excluding hydrogens is 296 g/mol. The summed E-state index contributed by atoms with van der Waals surface area (Å²) in [4.78, 5) is 0. The van der Waals surface area contributed by atoms with Crippen molar-refractivity contribution in [2.75, 3.05) is 6.61 Å². The fourth-order valence-corrected chi connectivity index (χ4v) is 2.53. The Morgan fingerprint density at radius 3 is 2.61 bits per heavy atom. The second-order valence-electron chi connectivity index (χ2n) is 4.63. The first-order valence-electron chi connectivity index (χ1n) is 6.27. The van der Waals surface area contributed by atoms with Crippen LogP contribution in [0.2, 0.25) is 0 Å². The average Bonchev–Trinajstić information content (AvgIpc) is 2.60. The average molecular weight is 319 g/mol. The Morgan fingerprint density at radius 2 is 2.17 bits per heavy atom. The predicted molar refractivity (Wildman–Crippen MR) is 76.2 cm³/mol. The molecule has 1 heterocycles. The lowest BCUT2D eigenvalue weighted by molar-refractivity contribution is 0.0609. The number of hydrogen-bond donors (Lipinski definition) is 2. The van der Waals surface area contributed by atoms with Gasteiger partial charge in [-0.15, -0.1) is 0 Å². The largest absolute Gasteiger partial charge is 0.377 e. The van der Waals surface area contributed by atoms with E-state index in [9.17, 15) is 0 Å². The van der Waals surface area contributed by atoms with Crippen LogP contribution in [-0.4, -0.2) is 28.5 Å². The van der Waals surface area contributed by atoms with Gasteiger partial charge in [0.1, 0.15) is 0 Å². The van der Waals surface area contributed by atoms with Gasteiger partial charge in [0.05, 0.1) is 28.6 Å². The number of hydrazine groups is 1. The smallest absolute Gasteiger partial charge is 0.0766 e. The van der Waals surface area contributed by atoms with E-state index >= 15 is 0 Å². The first-order chi connectivity index (χ1) is 8.49. The van der Waals surface area contributed by atoms with Crippen LogP contribution in [0.5, 0.6) is 0 Å². The monoisotopic (exact) mass is 318 g/mol. The van der Waals surface area contributed by atoms with Crippen molar-refractivity contribution < 1.29 is 4.74 Å². The molecule has 6 heteroatoms. The van der Waals surface area contributed by atoms with E-state index in [1.165, 1.54) is 0 Å². The van der Waals surface area contributed by atoms with Crippen LogP contribution in [0.15, 0.2) is 4.47 Å². The second-order valence-corrected chi connectivity index (χ2v) is 5.43. The maximum atomic E-state index is 5.59.